The fraction of sp³-hybridized carbons (Fsp3) is 0.182. The van der Waals surface area contributed by atoms with Crippen molar-refractivity contribution < 1.29 is 12.8 Å². The monoisotopic (exact) mass is 278 g/mol. The number of hydrogen-bond donors (Lipinski definition) is 1. The second kappa shape index (κ2) is 5.07. The molecule has 19 heavy (non-hydrogen) atoms. The van der Waals surface area contributed by atoms with Gasteiger partial charge in [0.15, 0.2) is 0 Å². The molecule has 0 atom stereocenters. The van der Waals surface area contributed by atoms with E-state index in [1.165, 1.54) is 12.1 Å². The van der Waals surface area contributed by atoms with Crippen molar-refractivity contribution in [3.05, 3.63) is 35.7 Å². The van der Waals surface area contributed by atoms with Crippen molar-refractivity contribution in [1.29, 1.82) is 5.26 Å². The van der Waals surface area contributed by atoms with Crippen LogP contribution in [-0.2, 0) is 16.4 Å². The molecule has 98 valence electrons. The van der Waals surface area contributed by atoms with Crippen LogP contribution in [0.1, 0.15) is 11.5 Å². The summed E-state index contributed by atoms with van der Waals surface area (Å²) in [5.74, 6) is 0.266. The lowest BCUT2D eigenvalue weighted by Gasteiger charge is -2.04. The third kappa shape index (κ3) is 3.08. The molecule has 8 heteroatoms. The maximum absolute atomic E-state index is 12.0. The van der Waals surface area contributed by atoms with Crippen LogP contribution in [0, 0.1) is 18.3 Å². The molecule has 0 aliphatic rings. The summed E-state index contributed by atoms with van der Waals surface area (Å²) in [5, 5.41) is 15.6. The molecule has 0 unspecified atom stereocenters. The van der Waals surface area contributed by atoms with Gasteiger partial charge in [-0.15, -0.1) is 5.10 Å². The van der Waals surface area contributed by atoms with Crippen LogP contribution in [0.3, 0.4) is 0 Å². The van der Waals surface area contributed by atoms with Crippen LogP contribution < -0.4 is 4.72 Å². The molecular formula is C11H10N4O3S. The van der Waals surface area contributed by atoms with Crippen molar-refractivity contribution in [1.82, 2.24) is 10.2 Å². The smallest absolute Gasteiger partial charge is 0.329 e. The quantitative estimate of drug-likeness (QED) is 0.901. The van der Waals surface area contributed by atoms with Crippen molar-refractivity contribution in [3.8, 4) is 6.07 Å². The van der Waals surface area contributed by atoms with Crippen molar-refractivity contribution in [2.45, 2.75) is 18.2 Å². The number of benzene rings is 1. The van der Waals surface area contributed by atoms with E-state index in [1.54, 1.807) is 19.1 Å². The normalized spacial score (nSPS) is 10.9. The van der Waals surface area contributed by atoms with Gasteiger partial charge in [0.25, 0.3) is 10.0 Å². The molecule has 1 aromatic heterocycles. The highest BCUT2D eigenvalue weighted by Gasteiger charge is 2.17. The SMILES string of the molecule is Cc1nnc(NS(=O)(=O)c2ccc(CC#N)cc2)o1. The Kier molecular flexibility index (Phi) is 3.48. The largest absolute Gasteiger partial charge is 0.408 e. The lowest BCUT2D eigenvalue weighted by Crippen LogP contribution is -2.13. The average Bonchev–Trinajstić information content (AvgIpc) is 2.75. The fourth-order valence-corrected chi connectivity index (χ4v) is 2.31. The van der Waals surface area contributed by atoms with Gasteiger partial charge in [0.2, 0.25) is 5.89 Å². The van der Waals surface area contributed by atoms with Crippen LogP contribution in [0.25, 0.3) is 0 Å². The number of aromatic nitrogens is 2. The van der Waals surface area contributed by atoms with Gasteiger partial charge in [-0.2, -0.15) is 5.26 Å². The second-order valence-electron chi connectivity index (χ2n) is 3.71. The number of rotatable bonds is 4. The molecule has 0 aliphatic carbocycles. The number of aryl methyl sites for hydroxylation is 1. The lowest BCUT2D eigenvalue weighted by molar-refractivity contribution is 0.534. The Balaban J connectivity index is 2.22. The summed E-state index contributed by atoms with van der Waals surface area (Å²) in [6.07, 6.45) is 0.233. The van der Waals surface area contributed by atoms with Gasteiger partial charge in [0.1, 0.15) is 0 Å². The first-order valence-corrected chi connectivity index (χ1v) is 6.78. The average molecular weight is 278 g/mol. The highest BCUT2D eigenvalue weighted by molar-refractivity contribution is 7.92. The van der Waals surface area contributed by atoms with Crippen molar-refractivity contribution >= 4 is 16.0 Å². The zero-order chi connectivity index (χ0) is 13.9. The molecule has 1 N–H and O–H groups in total. The first-order valence-electron chi connectivity index (χ1n) is 5.30. The van der Waals surface area contributed by atoms with E-state index in [1.807, 2.05) is 6.07 Å². The van der Waals surface area contributed by atoms with Crippen LogP contribution in [0.4, 0.5) is 6.01 Å². The highest BCUT2D eigenvalue weighted by atomic mass is 32.2. The summed E-state index contributed by atoms with van der Waals surface area (Å²) < 4.78 is 31.1. The molecular weight excluding hydrogens is 268 g/mol. The van der Waals surface area contributed by atoms with Gasteiger partial charge in [-0.25, -0.2) is 13.1 Å². The fourth-order valence-electron chi connectivity index (χ4n) is 1.39. The molecule has 0 saturated heterocycles. The number of nitrogens with one attached hydrogen (secondary N) is 1. The number of hydrogen-bond acceptors (Lipinski definition) is 6. The molecule has 0 saturated carbocycles. The maximum Gasteiger partial charge on any atom is 0.329 e. The number of nitriles is 1. The number of sulfonamides is 1. The van der Waals surface area contributed by atoms with E-state index in [-0.39, 0.29) is 23.2 Å². The second-order valence-corrected chi connectivity index (χ2v) is 5.39. The van der Waals surface area contributed by atoms with E-state index in [2.05, 4.69) is 14.9 Å². The van der Waals surface area contributed by atoms with E-state index in [0.29, 0.717) is 0 Å². The van der Waals surface area contributed by atoms with Gasteiger partial charge in [0.05, 0.1) is 17.4 Å². The summed E-state index contributed by atoms with van der Waals surface area (Å²) in [6, 6.07) is 7.79. The van der Waals surface area contributed by atoms with Gasteiger partial charge >= 0.3 is 6.01 Å². The topological polar surface area (TPSA) is 109 Å². The molecule has 2 rings (SSSR count). The Morgan fingerprint density at radius 1 is 1.32 bits per heavy atom. The van der Waals surface area contributed by atoms with Crippen LogP contribution in [0.2, 0.25) is 0 Å². The Bertz CT molecular complexity index is 713. The zero-order valence-electron chi connectivity index (χ0n) is 9.99. The van der Waals surface area contributed by atoms with E-state index in [0.717, 1.165) is 5.56 Å². The van der Waals surface area contributed by atoms with Gasteiger partial charge in [-0.1, -0.05) is 17.2 Å². The molecule has 0 spiro atoms. The Morgan fingerprint density at radius 2 is 2.00 bits per heavy atom. The Labute approximate surface area is 109 Å². The third-order valence-corrected chi connectivity index (χ3v) is 3.60. The molecule has 0 fully saturated rings. The van der Waals surface area contributed by atoms with E-state index >= 15 is 0 Å². The number of nitrogens with zero attached hydrogens (tertiary/aromatic N) is 3. The van der Waals surface area contributed by atoms with Crippen molar-refractivity contribution in [3.63, 3.8) is 0 Å². The molecule has 7 nitrogen and oxygen atoms in total. The maximum atomic E-state index is 12.0. The Hall–Kier alpha value is -2.40. The molecule has 0 bridgehead atoms. The lowest BCUT2D eigenvalue weighted by atomic mass is 10.2. The molecule has 1 aromatic carbocycles. The molecule has 2 aromatic rings. The minimum Gasteiger partial charge on any atom is -0.408 e. The van der Waals surface area contributed by atoms with Gasteiger partial charge in [0, 0.05) is 6.92 Å². The summed E-state index contributed by atoms with van der Waals surface area (Å²) >= 11 is 0. The first-order chi connectivity index (χ1) is 9.01. The van der Waals surface area contributed by atoms with Gasteiger partial charge in [-0.05, 0) is 17.7 Å². The van der Waals surface area contributed by atoms with Crippen LogP contribution >= 0.6 is 0 Å². The minimum absolute atomic E-state index is 0.0602. The first kappa shape index (κ1) is 13.0. The van der Waals surface area contributed by atoms with Crippen LogP contribution in [-0.4, -0.2) is 18.6 Å². The molecule has 1 heterocycles. The summed E-state index contributed by atoms with van der Waals surface area (Å²) in [4.78, 5) is 0.0602. The molecule has 0 amide bonds. The van der Waals surface area contributed by atoms with Gasteiger partial charge in [-0.3, -0.25) is 0 Å². The third-order valence-electron chi connectivity index (χ3n) is 2.26. The molecule has 0 aliphatic heterocycles. The summed E-state index contributed by atoms with van der Waals surface area (Å²) in [6.45, 7) is 1.56. The predicted octanol–water partition coefficient (Wildman–Crippen LogP) is 1.24. The summed E-state index contributed by atoms with van der Waals surface area (Å²) in [5.41, 5.74) is 0.745. The molecule has 0 radical (unpaired) electrons. The van der Waals surface area contributed by atoms with E-state index < -0.39 is 10.0 Å². The Morgan fingerprint density at radius 3 is 2.53 bits per heavy atom. The van der Waals surface area contributed by atoms with Crippen LogP contribution in [0.5, 0.6) is 0 Å². The number of anilines is 1. The van der Waals surface area contributed by atoms with E-state index in [4.69, 9.17) is 9.68 Å². The standard InChI is InChI=1S/C11H10N4O3S/c1-8-13-14-11(18-8)15-19(16,17)10-4-2-9(3-5-10)6-7-12/h2-5H,6H2,1H3,(H,14,15). The predicted molar refractivity (Wildman–Crippen MR) is 65.6 cm³/mol. The minimum atomic E-state index is -3.76. The van der Waals surface area contributed by atoms with Crippen molar-refractivity contribution in [2.24, 2.45) is 0 Å². The zero-order valence-corrected chi connectivity index (χ0v) is 10.8. The highest BCUT2D eigenvalue weighted by Crippen LogP contribution is 2.15. The van der Waals surface area contributed by atoms with Crippen LogP contribution in [0.15, 0.2) is 33.6 Å². The van der Waals surface area contributed by atoms with Gasteiger partial charge < -0.3 is 4.42 Å². The summed E-state index contributed by atoms with van der Waals surface area (Å²) in [7, 11) is -3.76. The van der Waals surface area contributed by atoms with E-state index in [9.17, 15) is 8.42 Å². The van der Waals surface area contributed by atoms with Crippen molar-refractivity contribution in [2.75, 3.05) is 4.72 Å².